The van der Waals surface area contributed by atoms with Crippen molar-refractivity contribution in [2.45, 2.75) is 18.9 Å². The van der Waals surface area contributed by atoms with Gasteiger partial charge in [0.15, 0.2) is 0 Å². The monoisotopic (exact) mass is 317 g/mol. The van der Waals surface area contributed by atoms with Crippen molar-refractivity contribution in [1.82, 2.24) is 5.32 Å². The van der Waals surface area contributed by atoms with E-state index in [0.29, 0.717) is 4.47 Å². The second kappa shape index (κ2) is 5.77. The summed E-state index contributed by atoms with van der Waals surface area (Å²) in [7, 11) is 0. The Morgan fingerprint density at radius 3 is 2.53 bits per heavy atom. The average molecular weight is 318 g/mol. The number of hydrogen-bond donors (Lipinski definition) is 1. The molecule has 1 aromatic carbocycles. The molecule has 7 heteroatoms. The van der Waals surface area contributed by atoms with Crippen LogP contribution in [0.15, 0.2) is 22.7 Å². The molecule has 0 fully saturated rings. The second-order valence-corrected chi connectivity index (χ2v) is 4.32. The molecule has 1 nitrogen and oxygen atoms in total. The first-order chi connectivity index (χ1) is 7.83. The summed E-state index contributed by atoms with van der Waals surface area (Å²) in [4.78, 5) is 0. The molecule has 0 saturated carbocycles. The first kappa shape index (κ1) is 14.4. The van der Waals surface area contributed by atoms with Gasteiger partial charge in [-0.3, -0.25) is 0 Å². The molecule has 1 aromatic rings. The molecule has 0 spiro atoms. The molecule has 0 unspecified atom stereocenters. The molecule has 0 radical (unpaired) electrons. The first-order valence-electron chi connectivity index (χ1n) is 4.63. The van der Waals surface area contributed by atoms with Crippen LogP contribution in [0.2, 0.25) is 0 Å². The van der Waals surface area contributed by atoms with E-state index >= 15 is 0 Å². The van der Waals surface area contributed by atoms with E-state index in [0.717, 1.165) is 6.07 Å². The van der Waals surface area contributed by atoms with Crippen LogP contribution in [0.4, 0.5) is 22.0 Å². The zero-order valence-electron chi connectivity index (χ0n) is 8.49. The van der Waals surface area contributed by atoms with Crippen LogP contribution in [0.5, 0.6) is 0 Å². The summed E-state index contributed by atoms with van der Waals surface area (Å²) in [5, 5.41) is 2.10. The third-order valence-electron chi connectivity index (χ3n) is 2.00. The molecule has 96 valence electrons. The number of hydrogen-bond acceptors (Lipinski definition) is 1. The van der Waals surface area contributed by atoms with Crippen molar-refractivity contribution in [2.75, 3.05) is 6.54 Å². The lowest BCUT2D eigenvalue weighted by atomic mass is 10.2. The quantitative estimate of drug-likeness (QED) is 0.819. The van der Waals surface area contributed by atoms with Crippen molar-refractivity contribution in [3.63, 3.8) is 0 Å². The highest BCUT2D eigenvalue weighted by atomic mass is 79.9. The molecule has 0 amide bonds. The van der Waals surface area contributed by atoms with E-state index in [1.807, 2.05) is 0 Å². The lowest BCUT2D eigenvalue weighted by molar-refractivity contribution is -0.125. The number of halogens is 6. The molecule has 0 aliphatic carbocycles. The molecule has 0 aliphatic rings. The Morgan fingerprint density at radius 2 is 1.94 bits per heavy atom. The fourth-order valence-electron chi connectivity index (χ4n) is 1.12. The SMILES string of the molecule is Fc1ccc(Br)cc1CNCC(F)(F)C(F)F. The minimum atomic E-state index is -4.11. The molecular weight excluding hydrogens is 309 g/mol. The minimum absolute atomic E-state index is 0.129. The van der Waals surface area contributed by atoms with Crippen LogP contribution in [-0.2, 0) is 6.54 Å². The van der Waals surface area contributed by atoms with E-state index in [1.165, 1.54) is 12.1 Å². The summed E-state index contributed by atoms with van der Waals surface area (Å²) in [6.07, 6.45) is -3.73. The Bertz CT molecular complexity index is 383. The largest absolute Gasteiger partial charge is 0.319 e. The Hall–Kier alpha value is -0.690. The summed E-state index contributed by atoms with van der Waals surface area (Å²) < 4.78 is 62.4. The van der Waals surface area contributed by atoms with Gasteiger partial charge >= 0.3 is 12.3 Å². The third kappa shape index (κ3) is 4.23. The number of benzene rings is 1. The highest BCUT2D eigenvalue weighted by Gasteiger charge is 2.39. The molecule has 0 aromatic heterocycles. The Kier molecular flexibility index (Phi) is 4.88. The van der Waals surface area contributed by atoms with Gasteiger partial charge < -0.3 is 5.32 Å². The van der Waals surface area contributed by atoms with Gasteiger partial charge in [0, 0.05) is 16.6 Å². The van der Waals surface area contributed by atoms with Crippen LogP contribution in [-0.4, -0.2) is 18.9 Å². The molecule has 0 saturated heterocycles. The van der Waals surface area contributed by atoms with Crippen LogP contribution in [0, 0.1) is 5.82 Å². The van der Waals surface area contributed by atoms with E-state index in [1.54, 1.807) is 0 Å². The predicted molar refractivity (Wildman–Crippen MR) is 56.8 cm³/mol. The van der Waals surface area contributed by atoms with E-state index in [9.17, 15) is 22.0 Å². The molecular formula is C10H9BrF5N. The lowest BCUT2D eigenvalue weighted by Crippen LogP contribution is -2.38. The Labute approximate surface area is 103 Å². The molecule has 1 rings (SSSR count). The topological polar surface area (TPSA) is 12.0 Å². The van der Waals surface area contributed by atoms with Gasteiger partial charge in [-0.1, -0.05) is 15.9 Å². The van der Waals surface area contributed by atoms with Crippen molar-refractivity contribution in [3.05, 3.63) is 34.1 Å². The highest BCUT2D eigenvalue weighted by molar-refractivity contribution is 9.10. The number of nitrogens with one attached hydrogen (secondary N) is 1. The van der Waals surface area contributed by atoms with Crippen molar-refractivity contribution in [2.24, 2.45) is 0 Å². The van der Waals surface area contributed by atoms with Crippen LogP contribution < -0.4 is 5.32 Å². The molecule has 1 N–H and O–H groups in total. The van der Waals surface area contributed by atoms with Crippen molar-refractivity contribution < 1.29 is 22.0 Å². The molecule has 17 heavy (non-hydrogen) atoms. The average Bonchev–Trinajstić information content (AvgIpc) is 2.22. The van der Waals surface area contributed by atoms with Gasteiger partial charge in [0.25, 0.3) is 0 Å². The van der Waals surface area contributed by atoms with E-state index in [4.69, 9.17) is 0 Å². The second-order valence-electron chi connectivity index (χ2n) is 3.40. The van der Waals surface area contributed by atoms with Gasteiger partial charge in [-0.25, -0.2) is 13.2 Å². The van der Waals surface area contributed by atoms with Crippen molar-refractivity contribution in [3.8, 4) is 0 Å². The van der Waals surface area contributed by atoms with Gasteiger partial charge in [0.2, 0.25) is 0 Å². The normalized spacial score (nSPS) is 12.2. The third-order valence-corrected chi connectivity index (χ3v) is 2.50. The number of alkyl halides is 4. The Morgan fingerprint density at radius 1 is 1.29 bits per heavy atom. The van der Waals surface area contributed by atoms with Gasteiger partial charge in [-0.15, -0.1) is 0 Å². The fraction of sp³-hybridized carbons (Fsp3) is 0.400. The summed E-state index contributed by atoms with van der Waals surface area (Å²) in [5.74, 6) is -4.69. The maximum atomic E-state index is 13.2. The predicted octanol–water partition coefficient (Wildman–Crippen LogP) is 3.58. The highest BCUT2D eigenvalue weighted by Crippen LogP contribution is 2.22. The number of rotatable bonds is 5. The Balaban J connectivity index is 2.54. The summed E-state index contributed by atoms with van der Waals surface area (Å²) >= 11 is 3.09. The van der Waals surface area contributed by atoms with E-state index < -0.39 is 24.7 Å². The van der Waals surface area contributed by atoms with Gasteiger partial charge in [-0.05, 0) is 18.2 Å². The van der Waals surface area contributed by atoms with Crippen LogP contribution in [0.25, 0.3) is 0 Å². The van der Waals surface area contributed by atoms with Crippen molar-refractivity contribution >= 4 is 15.9 Å². The lowest BCUT2D eigenvalue weighted by Gasteiger charge is -2.16. The molecule has 0 atom stereocenters. The van der Waals surface area contributed by atoms with Crippen LogP contribution >= 0.6 is 15.9 Å². The van der Waals surface area contributed by atoms with Gasteiger partial charge in [0.1, 0.15) is 5.82 Å². The summed E-state index contributed by atoms with van der Waals surface area (Å²) in [6, 6.07) is 4.00. The minimum Gasteiger partial charge on any atom is -0.307 e. The van der Waals surface area contributed by atoms with Crippen molar-refractivity contribution in [1.29, 1.82) is 0 Å². The van der Waals surface area contributed by atoms with E-state index in [2.05, 4.69) is 21.2 Å². The van der Waals surface area contributed by atoms with Gasteiger partial charge in [0.05, 0.1) is 6.54 Å². The van der Waals surface area contributed by atoms with Crippen LogP contribution in [0.3, 0.4) is 0 Å². The standard InChI is InChI=1S/C10H9BrF5N/c11-7-1-2-8(12)6(3-7)4-17-5-10(15,16)9(13)14/h1-3,9,17H,4-5H2. The molecule has 0 bridgehead atoms. The zero-order valence-corrected chi connectivity index (χ0v) is 10.1. The fourth-order valence-corrected chi connectivity index (χ4v) is 1.53. The summed E-state index contributed by atoms with van der Waals surface area (Å²) in [6.45, 7) is -1.44. The maximum Gasteiger partial charge on any atom is 0.319 e. The first-order valence-corrected chi connectivity index (χ1v) is 5.43. The zero-order chi connectivity index (χ0) is 13.1. The van der Waals surface area contributed by atoms with Gasteiger partial charge in [-0.2, -0.15) is 8.78 Å². The van der Waals surface area contributed by atoms with Crippen LogP contribution in [0.1, 0.15) is 5.56 Å². The smallest absolute Gasteiger partial charge is 0.307 e. The molecule has 0 aliphatic heterocycles. The molecule has 0 heterocycles. The maximum absolute atomic E-state index is 13.2. The van der Waals surface area contributed by atoms with E-state index in [-0.39, 0.29) is 12.1 Å². The summed E-state index contributed by atoms with van der Waals surface area (Å²) in [5.41, 5.74) is 0.129.